The highest BCUT2D eigenvalue weighted by atomic mass is 16.4. The van der Waals surface area contributed by atoms with Gasteiger partial charge in [0.2, 0.25) is 11.7 Å². The summed E-state index contributed by atoms with van der Waals surface area (Å²) in [5, 5.41) is 19.5. The largest absolute Gasteiger partial charge is 0.409 e. The van der Waals surface area contributed by atoms with Crippen molar-refractivity contribution in [1.29, 1.82) is 0 Å². The molecule has 2 aromatic heterocycles. The molecule has 2 heterocycles. The van der Waals surface area contributed by atoms with E-state index < -0.39 is 0 Å². The van der Waals surface area contributed by atoms with Crippen LogP contribution < -0.4 is 5.73 Å². The fourth-order valence-electron chi connectivity index (χ4n) is 1.49. The van der Waals surface area contributed by atoms with E-state index in [4.69, 9.17) is 10.9 Å². The zero-order valence-corrected chi connectivity index (χ0v) is 9.93. The summed E-state index contributed by atoms with van der Waals surface area (Å²) < 4.78 is 3.37. The van der Waals surface area contributed by atoms with Crippen LogP contribution in [-0.2, 0) is 13.1 Å². The molecule has 0 saturated heterocycles. The molecule has 18 heavy (non-hydrogen) atoms. The van der Waals surface area contributed by atoms with Crippen molar-refractivity contribution < 1.29 is 5.21 Å². The van der Waals surface area contributed by atoms with Gasteiger partial charge in [-0.1, -0.05) is 12.1 Å². The smallest absolute Gasteiger partial charge is 0.219 e. The Bertz CT molecular complexity index is 542. The van der Waals surface area contributed by atoms with Crippen molar-refractivity contribution in [3.8, 4) is 0 Å². The van der Waals surface area contributed by atoms with Crippen LogP contribution in [-0.4, -0.2) is 40.6 Å². The lowest BCUT2D eigenvalue weighted by atomic mass is 10.5. The minimum Gasteiger partial charge on any atom is -0.409 e. The SMILES string of the molecule is CCCn1ncnc1Cn1cnc(C(N)=NO)n1. The molecule has 0 fully saturated rings. The number of oxime groups is 1. The Morgan fingerprint density at radius 1 is 1.50 bits per heavy atom. The number of aromatic nitrogens is 6. The fourth-order valence-corrected chi connectivity index (χ4v) is 1.49. The first kappa shape index (κ1) is 12.0. The monoisotopic (exact) mass is 250 g/mol. The van der Waals surface area contributed by atoms with Crippen molar-refractivity contribution in [3.63, 3.8) is 0 Å². The molecule has 0 aliphatic rings. The Morgan fingerprint density at radius 2 is 2.33 bits per heavy atom. The number of hydrogen-bond acceptors (Lipinski definition) is 6. The molecule has 9 heteroatoms. The van der Waals surface area contributed by atoms with Crippen molar-refractivity contribution >= 4 is 5.84 Å². The zero-order valence-electron chi connectivity index (χ0n) is 9.93. The molecule has 0 unspecified atom stereocenters. The number of hydrogen-bond donors (Lipinski definition) is 2. The van der Waals surface area contributed by atoms with E-state index in [1.807, 2.05) is 4.68 Å². The molecular formula is C9H14N8O. The van der Waals surface area contributed by atoms with Gasteiger partial charge in [0.15, 0.2) is 0 Å². The van der Waals surface area contributed by atoms with Gasteiger partial charge in [0.05, 0.1) is 0 Å². The van der Waals surface area contributed by atoms with Gasteiger partial charge in [-0.2, -0.15) is 5.10 Å². The van der Waals surface area contributed by atoms with Crippen molar-refractivity contribution in [3.05, 3.63) is 24.3 Å². The molecule has 0 radical (unpaired) electrons. The van der Waals surface area contributed by atoms with E-state index in [1.165, 1.54) is 12.7 Å². The molecule has 0 amide bonds. The second-order valence-corrected chi connectivity index (χ2v) is 3.65. The Kier molecular flexibility index (Phi) is 3.51. The van der Waals surface area contributed by atoms with Crippen LogP contribution in [0.15, 0.2) is 17.8 Å². The van der Waals surface area contributed by atoms with E-state index in [1.54, 1.807) is 4.68 Å². The minimum atomic E-state index is -0.122. The third-order valence-corrected chi connectivity index (χ3v) is 2.31. The average Bonchev–Trinajstić information content (AvgIpc) is 3.00. The van der Waals surface area contributed by atoms with Gasteiger partial charge < -0.3 is 10.9 Å². The van der Waals surface area contributed by atoms with Crippen LogP contribution in [0.4, 0.5) is 0 Å². The molecule has 2 aromatic rings. The van der Waals surface area contributed by atoms with Crippen molar-refractivity contribution in [2.24, 2.45) is 10.9 Å². The highest BCUT2D eigenvalue weighted by Gasteiger charge is 2.09. The molecule has 3 N–H and O–H groups in total. The summed E-state index contributed by atoms with van der Waals surface area (Å²) in [7, 11) is 0. The topological polar surface area (TPSA) is 120 Å². The second-order valence-electron chi connectivity index (χ2n) is 3.65. The lowest BCUT2D eigenvalue weighted by Crippen LogP contribution is -2.16. The van der Waals surface area contributed by atoms with Crippen LogP contribution in [0, 0.1) is 0 Å². The molecule has 0 spiro atoms. The summed E-state index contributed by atoms with van der Waals surface area (Å²) >= 11 is 0. The third kappa shape index (κ3) is 2.44. The van der Waals surface area contributed by atoms with Crippen LogP contribution in [0.25, 0.3) is 0 Å². The first-order chi connectivity index (χ1) is 8.74. The molecule has 2 rings (SSSR count). The van der Waals surface area contributed by atoms with Gasteiger partial charge in [0.1, 0.15) is 25.0 Å². The summed E-state index contributed by atoms with van der Waals surface area (Å²) in [6.45, 7) is 3.31. The van der Waals surface area contributed by atoms with Crippen molar-refractivity contribution in [2.75, 3.05) is 0 Å². The van der Waals surface area contributed by atoms with Crippen LogP contribution in [0.2, 0.25) is 0 Å². The predicted octanol–water partition coefficient (Wildman–Crippen LogP) is -0.578. The van der Waals surface area contributed by atoms with E-state index in [2.05, 4.69) is 32.2 Å². The highest BCUT2D eigenvalue weighted by molar-refractivity contribution is 5.93. The summed E-state index contributed by atoms with van der Waals surface area (Å²) in [5.74, 6) is 0.843. The normalized spacial score (nSPS) is 11.9. The molecule has 0 aromatic carbocycles. The standard InChI is InChI=1S/C9H14N8O/c1-2-3-17-7(11-5-13-17)4-16-6-12-9(14-16)8(10)15-18/h5-6,18H,2-4H2,1H3,(H2,10,15). The number of rotatable bonds is 5. The zero-order chi connectivity index (χ0) is 13.0. The molecule has 9 nitrogen and oxygen atoms in total. The fraction of sp³-hybridized carbons (Fsp3) is 0.444. The summed E-state index contributed by atoms with van der Waals surface area (Å²) in [6, 6.07) is 0. The summed E-state index contributed by atoms with van der Waals surface area (Å²) in [6.07, 6.45) is 3.98. The Morgan fingerprint density at radius 3 is 3.06 bits per heavy atom. The molecule has 0 bridgehead atoms. The summed E-state index contributed by atoms with van der Waals surface area (Å²) in [5.41, 5.74) is 5.39. The van der Waals surface area contributed by atoms with E-state index in [0.717, 1.165) is 18.8 Å². The Hall–Kier alpha value is -2.45. The van der Waals surface area contributed by atoms with Crippen LogP contribution in [0.3, 0.4) is 0 Å². The van der Waals surface area contributed by atoms with Gasteiger partial charge in [0, 0.05) is 6.54 Å². The minimum absolute atomic E-state index is 0.122. The molecule has 0 aliphatic heterocycles. The Labute approximate surface area is 103 Å². The van der Waals surface area contributed by atoms with Crippen LogP contribution in [0.1, 0.15) is 25.0 Å². The van der Waals surface area contributed by atoms with E-state index in [-0.39, 0.29) is 11.7 Å². The average molecular weight is 250 g/mol. The maximum Gasteiger partial charge on any atom is 0.219 e. The first-order valence-corrected chi connectivity index (χ1v) is 5.48. The van der Waals surface area contributed by atoms with Gasteiger partial charge in [-0.3, -0.25) is 0 Å². The maximum atomic E-state index is 8.52. The van der Waals surface area contributed by atoms with E-state index >= 15 is 0 Å². The van der Waals surface area contributed by atoms with Crippen LogP contribution in [0.5, 0.6) is 0 Å². The number of amidine groups is 1. The Balaban J connectivity index is 2.14. The van der Waals surface area contributed by atoms with Gasteiger partial charge in [0.25, 0.3) is 0 Å². The molecule has 0 aliphatic carbocycles. The number of aryl methyl sites for hydroxylation is 1. The van der Waals surface area contributed by atoms with Crippen molar-refractivity contribution in [2.45, 2.75) is 26.4 Å². The molecule has 96 valence electrons. The molecular weight excluding hydrogens is 236 g/mol. The first-order valence-electron chi connectivity index (χ1n) is 5.48. The third-order valence-electron chi connectivity index (χ3n) is 2.31. The van der Waals surface area contributed by atoms with Gasteiger partial charge in [-0.15, -0.1) is 5.10 Å². The van der Waals surface area contributed by atoms with E-state index in [9.17, 15) is 0 Å². The van der Waals surface area contributed by atoms with Crippen molar-refractivity contribution in [1.82, 2.24) is 29.5 Å². The molecule has 0 saturated carbocycles. The lowest BCUT2D eigenvalue weighted by molar-refractivity contribution is 0.318. The number of nitrogens with two attached hydrogens (primary N) is 1. The van der Waals surface area contributed by atoms with Gasteiger partial charge >= 0.3 is 0 Å². The lowest BCUT2D eigenvalue weighted by Gasteiger charge is -2.03. The maximum absolute atomic E-state index is 8.52. The van der Waals surface area contributed by atoms with Crippen LogP contribution >= 0.6 is 0 Å². The van der Waals surface area contributed by atoms with Gasteiger partial charge in [-0.25, -0.2) is 19.3 Å². The van der Waals surface area contributed by atoms with Gasteiger partial charge in [-0.05, 0) is 6.42 Å². The summed E-state index contributed by atoms with van der Waals surface area (Å²) in [4.78, 5) is 8.08. The second kappa shape index (κ2) is 5.25. The highest BCUT2D eigenvalue weighted by Crippen LogP contribution is 1.99. The predicted molar refractivity (Wildman–Crippen MR) is 61.9 cm³/mol. The number of nitrogens with zero attached hydrogens (tertiary/aromatic N) is 7. The van der Waals surface area contributed by atoms with E-state index in [0.29, 0.717) is 6.54 Å². The quantitative estimate of drug-likeness (QED) is 0.317. The molecule has 0 atom stereocenters.